The molecule has 1 fully saturated rings. The van der Waals surface area contributed by atoms with Crippen LogP contribution in [0.3, 0.4) is 0 Å². The van der Waals surface area contributed by atoms with Crippen molar-refractivity contribution in [3.05, 3.63) is 136 Å². The summed E-state index contributed by atoms with van der Waals surface area (Å²) >= 11 is 6.95. The van der Waals surface area contributed by atoms with E-state index in [2.05, 4.69) is 6.07 Å². The predicted molar refractivity (Wildman–Crippen MR) is 184 cm³/mol. The molecule has 5 aromatic rings. The zero-order chi connectivity index (χ0) is 33.8. The number of ketones is 1. The average molecular weight is 672 g/mol. The first-order valence-corrected chi connectivity index (χ1v) is 16.1. The molecule has 48 heavy (non-hydrogen) atoms. The molecule has 1 aliphatic heterocycles. The van der Waals surface area contributed by atoms with Crippen molar-refractivity contribution in [2.24, 2.45) is 0 Å². The third kappa shape index (κ3) is 6.91. The molecule has 236 valence electrons. The molecule has 6 rings (SSSR count). The fourth-order valence-electron chi connectivity index (χ4n) is 5.21. The van der Waals surface area contributed by atoms with Crippen molar-refractivity contribution in [3.8, 4) is 28.5 Å². The van der Waals surface area contributed by atoms with Crippen LogP contribution in [-0.2, 0) is 14.3 Å². The SMILES string of the molecule is Cc1ccc(-c2cc(-c3ccccc3)nc(SC3CC(=O)N(c4ccc(C(=O)OCC(=O)c5ccc(Cl)cc5)cc4)C3=O)c2C#N)cc1. The number of Topliss-reactive ketones (excluding diaryl/α,β-unsaturated/α-hetero) is 1. The van der Waals surface area contributed by atoms with Gasteiger partial charge in [-0.1, -0.05) is 83.5 Å². The summed E-state index contributed by atoms with van der Waals surface area (Å²) in [5.41, 5.74) is 5.19. The van der Waals surface area contributed by atoms with Crippen LogP contribution in [0.25, 0.3) is 22.4 Å². The van der Waals surface area contributed by atoms with Crippen molar-refractivity contribution in [2.45, 2.75) is 23.6 Å². The van der Waals surface area contributed by atoms with Gasteiger partial charge in [0, 0.05) is 28.1 Å². The van der Waals surface area contributed by atoms with E-state index in [9.17, 15) is 24.4 Å². The summed E-state index contributed by atoms with van der Waals surface area (Å²) in [5, 5.41) is 10.3. The third-order valence-corrected chi connectivity index (χ3v) is 9.17. The fourth-order valence-corrected chi connectivity index (χ4v) is 6.47. The number of anilines is 1. The van der Waals surface area contributed by atoms with Gasteiger partial charge in [0.2, 0.25) is 11.8 Å². The van der Waals surface area contributed by atoms with Crippen molar-refractivity contribution >= 4 is 52.6 Å². The molecule has 10 heteroatoms. The van der Waals surface area contributed by atoms with Gasteiger partial charge in [0.25, 0.3) is 0 Å². The van der Waals surface area contributed by atoms with Gasteiger partial charge in [-0.2, -0.15) is 5.26 Å². The molecule has 1 atom stereocenters. The molecule has 4 aromatic carbocycles. The molecule has 1 aromatic heterocycles. The van der Waals surface area contributed by atoms with Crippen LogP contribution < -0.4 is 4.90 Å². The summed E-state index contributed by atoms with van der Waals surface area (Å²) in [6.07, 6.45) is -0.0952. The number of hydrogen-bond donors (Lipinski definition) is 0. The van der Waals surface area contributed by atoms with Crippen LogP contribution in [0.4, 0.5) is 5.69 Å². The maximum atomic E-state index is 13.7. The minimum absolute atomic E-state index is 0.0952. The quantitative estimate of drug-likeness (QED) is 0.0888. The average Bonchev–Trinajstić information content (AvgIpc) is 3.39. The number of aromatic nitrogens is 1. The topological polar surface area (TPSA) is 117 Å². The van der Waals surface area contributed by atoms with E-state index in [1.165, 1.54) is 24.3 Å². The zero-order valence-corrected chi connectivity index (χ0v) is 27.1. The van der Waals surface area contributed by atoms with Gasteiger partial charge in [0.1, 0.15) is 11.1 Å². The summed E-state index contributed by atoms with van der Waals surface area (Å²) in [7, 11) is 0. The zero-order valence-electron chi connectivity index (χ0n) is 25.6. The van der Waals surface area contributed by atoms with Gasteiger partial charge in [-0.05, 0) is 67.1 Å². The number of imide groups is 1. The Hall–Kier alpha value is -5.56. The summed E-state index contributed by atoms with van der Waals surface area (Å²) in [6.45, 7) is 1.53. The van der Waals surface area contributed by atoms with E-state index in [0.717, 1.165) is 33.4 Å². The Morgan fingerprint density at radius 3 is 2.25 bits per heavy atom. The van der Waals surface area contributed by atoms with Gasteiger partial charge >= 0.3 is 5.97 Å². The van der Waals surface area contributed by atoms with E-state index in [4.69, 9.17) is 21.3 Å². The van der Waals surface area contributed by atoms with E-state index >= 15 is 0 Å². The number of amides is 2. The van der Waals surface area contributed by atoms with Gasteiger partial charge in [-0.25, -0.2) is 14.7 Å². The molecule has 1 aliphatic rings. The van der Waals surface area contributed by atoms with Crippen LogP contribution in [0, 0.1) is 18.3 Å². The van der Waals surface area contributed by atoms with E-state index in [1.54, 1.807) is 24.3 Å². The van der Waals surface area contributed by atoms with Crippen molar-refractivity contribution < 1.29 is 23.9 Å². The van der Waals surface area contributed by atoms with E-state index in [0.29, 0.717) is 32.4 Å². The molecule has 0 radical (unpaired) electrons. The maximum Gasteiger partial charge on any atom is 0.338 e. The number of nitriles is 1. The molecule has 0 bridgehead atoms. The number of esters is 1. The lowest BCUT2D eigenvalue weighted by atomic mass is 9.98. The molecule has 8 nitrogen and oxygen atoms in total. The van der Waals surface area contributed by atoms with Crippen LogP contribution in [0.15, 0.2) is 114 Å². The van der Waals surface area contributed by atoms with Crippen molar-refractivity contribution in [1.29, 1.82) is 5.26 Å². The number of benzene rings is 4. The molecule has 0 spiro atoms. The van der Waals surface area contributed by atoms with E-state index in [-0.39, 0.29) is 23.5 Å². The smallest absolute Gasteiger partial charge is 0.338 e. The molecule has 0 saturated carbocycles. The number of carbonyl (C=O) groups is 4. The number of aryl methyl sites for hydroxylation is 1. The molecule has 1 unspecified atom stereocenters. The second-order valence-electron chi connectivity index (χ2n) is 11.0. The summed E-state index contributed by atoms with van der Waals surface area (Å²) in [6, 6.07) is 33.6. The Balaban J connectivity index is 1.21. The summed E-state index contributed by atoms with van der Waals surface area (Å²) in [4.78, 5) is 57.7. The Kier molecular flexibility index (Phi) is 9.48. The Labute approximate surface area is 285 Å². The molecule has 2 heterocycles. The number of halogens is 1. The first-order chi connectivity index (χ1) is 23.2. The number of pyridine rings is 1. The van der Waals surface area contributed by atoms with Crippen LogP contribution in [0.2, 0.25) is 5.02 Å². The van der Waals surface area contributed by atoms with Crippen LogP contribution in [0.5, 0.6) is 0 Å². The summed E-state index contributed by atoms with van der Waals surface area (Å²) in [5.74, 6) is -1.99. The molecule has 2 amide bonds. The second kappa shape index (κ2) is 14.1. The summed E-state index contributed by atoms with van der Waals surface area (Å²) < 4.78 is 5.17. The normalized spacial score (nSPS) is 14.1. The largest absolute Gasteiger partial charge is 0.454 e. The van der Waals surface area contributed by atoms with Crippen molar-refractivity contribution in [2.75, 3.05) is 11.5 Å². The molecular formula is C38H26ClN3O5S. The van der Waals surface area contributed by atoms with Gasteiger partial charge in [0.05, 0.1) is 27.8 Å². The van der Waals surface area contributed by atoms with Crippen molar-refractivity contribution in [3.63, 3.8) is 0 Å². The van der Waals surface area contributed by atoms with E-state index < -0.39 is 29.6 Å². The van der Waals surface area contributed by atoms with Crippen molar-refractivity contribution in [1.82, 2.24) is 4.98 Å². The number of nitrogens with zero attached hydrogens (tertiary/aromatic N) is 3. The fraction of sp³-hybridized carbons (Fsp3) is 0.105. The Morgan fingerprint density at radius 1 is 0.917 bits per heavy atom. The minimum atomic E-state index is -0.822. The molecule has 1 saturated heterocycles. The first-order valence-electron chi connectivity index (χ1n) is 14.9. The minimum Gasteiger partial charge on any atom is -0.454 e. The highest BCUT2D eigenvalue weighted by Gasteiger charge is 2.41. The van der Waals surface area contributed by atoms with Gasteiger partial charge in [-0.15, -0.1) is 0 Å². The number of thioether (sulfide) groups is 1. The monoisotopic (exact) mass is 671 g/mol. The lowest BCUT2D eigenvalue weighted by molar-refractivity contribution is -0.121. The number of ether oxygens (including phenoxy) is 1. The lowest BCUT2D eigenvalue weighted by Gasteiger charge is -2.16. The van der Waals surface area contributed by atoms with Gasteiger partial charge in [-0.3, -0.25) is 14.4 Å². The van der Waals surface area contributed by atoms with E-state index in [1.807, 2.05) is 67.6 Å². The highest BCUT2D eigenvalue weighted by Crippen LogP contribution is 2.39. The van der Waals surface area contributed by atoms with Crippen LogP contribution in [0.1, 0.15) is 38.3 Å². The van der Waals surface area contributed by atoms with Gasteiger partial charge in [0.15, 0.2) is 12.4 Å². The highest BCUT2D eigenvalue weighted by atomic mass is 35.5. The lowest BCUT2D eigenvalue weighted by Crippen LogP contribution is -2.31. The Morgan fingerprint density at radius 2 is 1.58 bits per heavy atom. The highest BCUT2D eigenvalue weighted by molar-refractivity contribution is 8.00. The van der Waals surface area contributed by atoms with Gasteiger partial charge < -0.3 is 4.74 Å². The second-order valence-corrected chi connectivity index (χ2v) is 12.6. The standard InChI is InChI=1S/C38H26ClN3O5S/c1-23-7-9-24(10-8-23)30-19-32(25-5-3-2-4-6-25)41-36(31(30)21-40)48-34-20-35(44)42(37(34)45)29-17-13-27(14-18-29)38(46)47-22-33(43)26-11-15-28(39)16-12-26/h2-19,34H,20,22H2,1H3. The number of rotatable bonds is 9. The number of hydrogen-bond acceptors (Lipinski definition) is 8. The third-order valence-electron chi connectivity index (χ3n) is 7.75. The Bertz CT molecular complexity index is 2080. The number of carbonyl (C=O) groups excluding carboxylic acids is 4. The van der Waals surface area contributed by atoms with Crippen LogP contribution in [-0.4, -0.2) is 40.4 Å². The molecule has 0 N–H and O–H groups in total. The maximum absolute atomic E-state index is 13.7. The van der Waals surface area contributed by atoms with Crippen LogP contribution >= 0.6 is 23.4 Å². The molecular weight excluding hydrogens is 646 g/mol. The molecule has 0 aliphatic carbocycles. The first kappa shape index (κ1) is 32.4. The predicted octanol–water partition coefficient (Wildman–Crippen LogP) is 7.71.